The third kappa shape index (κ3) is 2.77. The second-order valence-electron chi connectivity index (χ2n) is 5.00. The van der Waals surface area contributed by atoms with Crippen LogP contribution in [0.15, 0.2) is 18.2 Å². The van der Waals surface area contributed by atoms with Gasteiger partial charge in [-0.1, -0.05) is 36.9 Å². The van der Waals surface area contributed by atoms with Gasteiger partial charge in [0.1, 0.15) is 11.4 Å². The molecule has 108 valence electrons. The van der Waals surface area contributed by atoms with Crippen LogP contribution in [0.4, 0.5) is 4.39 Å². The van der Waals surface area contributed by atoms with Crippen molar-refractivity contribution < 1.29 is 19.1 Å². The molecule has 0 radical (unpaired) electrons. The Morgan fingerprint density at radius 1 is 1.25 bits per heavy atom. The van der Waals surface area contributed by atoms with Crippen molar-refractivity contribution in [2.45, 2.75) is 37.6 Å². The average molecular weight is 300 g/mol. The third-order valence-corrected chi connectivity index (χ3v) is 4.05. The number of carboxylic acid groups (broad SMARTS) is 1. The highest BCUT2D eigenvalue weighted by atomic mass is 35.5. The average Bonchev–Trinajstić information content (AvgIpc) is 2.42. The van der Waals surface area contributed by atoms with Crippen LogP contribution in [0.1, 0.15) is 42.5 Å². The Bertz CT molecular complexity index is 541. The van der Waals surface area contributed by atoms with E-state index in [1.807, 2.05) is 0 Å². The molecule has 1 fully saturated rings. The maximum atomic E-state index is 13.3. The Hall–Kier alpha value is -1.62. The van der Waals surface area contributed by atoms with Crippen LogP contribution in [0.25, 0.3) is 0 Å². The summed E-state index contributed by atoms with van der Waals surface area (Å²) in [6.07, 6.45) is 3.18. The fourth-order valence-corrected chi connectivity index (χ4v) is 2.72. The predicted octanol–water partition coefficient (Wildman–Crippen LogP) is 3.00. The zero-order valence-corrected chi connectivity index (χ0v) is 11.5. The Kier molecular flexibility index (Phi) is 4.28. The molecule has 1 aromatic rings. The van der Waals surface area contributed by atoms with E-state index in [9.17, 15) is 19.1 Å². The summed E-state index contributed by atoms with van der Waals surface area (Å²) in [7, 11) is 0. The van der Waals surface area contributed by atoms with Crippen molar-refractivity contribution in [3.05, 3.63) is 34.6 Å². The van der Waals surface area contributed by atoms with Gasteiger partial charge in [-0.05, 0) is 25.0 Å². The van der Waals surface area contributed by atoms with Crippen molar-refractivity contribution in [3.8, 4) is 0 Å². The number of hydrogen-bond donors (Lipinski definition) is 2. The van der Waals surface area contributed by atoms with Gasteiger partial charge in [0.05, 0.1) is 10.6 Å². The number of amides is 1. The lowest BCUT2D eigenvalue weighted by atomic mass is 9.81. The zero-order valence-electron chi connectivity index (χ0n) is 10.8. The molecule has 6 heteroatoms. The SMILES string of the molecule is O=C(NC1(C(=O)O)CCCCC1)c1cccc(F)c1Cl. The Labute approximate surface area is 120 Å². The van der Waals surface area contributed by atoms with Crippen molar-refractivity contribution in [2.75, 3.05) is 0 Å². The standard InChI is InChI=1S/C14H15ClFNO3/c15-11-9(5-4-6-10(11)16)12(18)17-14(13(19)20)7-2-1-3-8-14/h4-6H,1-3,7-8H2,(H,17,18)(H,19,20). The molecule has 1 aliphatic rings. The van der Waals surface area contributed by atoms with Crippen LogP contribution in [0.2, 0.25) is 5.02 Å². The Morgan fingerprint density at radius 2 is 1.90 bits per heavy atom. The molecule has 2 rings (SSSR count). The Balaban J connectivity index is 2.25. The van der Waals surface area contributed by atoms with E-state index in [1.54, 1.807) is 0 Å². The molecule has 1 saturated carbocycles. The molecule has 2 N–H and O–H groups in total. The van der Waals surface area contributed by atoms with Gasteiger partial charge in [-0.25, -0.2) is 9.18 Å². The largest absolute Gasteiger partial charge is 0.480 e. The first-order valence-electron chi connectivity index (χ1n) is 6.46. The first-order chi connectivity index (χ1) is 9.46. The lowest BCUT2D eigenvalue weighted by molar-refractivity contribution is -0.145. The van der Waals surface area contributed by atoms with Gasteiger partial charge in [-0.3, -0.25) is 4.79 Å². The third-order valence-electron chi connectivity index (χ3n) is 3.67. The fourth-order valence-electron chi connectivity index (χ4n) is 2.51. The number of benzene rings is 1. The lowest BCUT2D eigenvalue weighted by Gasteiger charge is -2.34. The smallest absolute Gasteiger partial charge is 0.329 e. The van der Waals surface area contributed by atoms with Gasteiger partial charge in [0.15, 0.2) is 0 Å². The van der Waals surface area contributed by atoms with Gasteiger partial charge < -0.3 is 10.4 Å². The maximum Gasteiger partial charge on any atom is 0.329 e. The van der Waals surface area contributed by atoms with E-state index < -0.39 is 23.2 Å². The molecule has 0 spiro atoms. The van der Waals surface area contributed by atoms with Crippen LogP contribution in [0.3, 0.4) is 0 Å². The minimum atomic E-state index is -1.27. The summed E-state index contributed by atoms with van der Waals surface area (Å²) >= 11 is 5.75. The van der Waals surface area contributed by atoms with E-state index in [4.69, 9.17) is 11.6 Å². The second kappa shape index (κ2) is 5.79. The monoisotopic (exact) mass is 299 g/mol. The molecule has 0 atom stereocenters. The fraction of sp³-hybridized carbons (Fsp3) is 0.429. The number of carbonyl (C=O) groups is 2. The van der Waals surface area contributed by atoms with E-state index in [-0.39, 0.29) is 10.6 Å². The van der Waals surface area contributed by atoms with E-state index in [0.29, 0.717) is 12.8 Å². The van der Waals surface area contributed by atoms with E-state index in [1.165, 1.54) is 12.1 Å². The minimum Gasteiger partial charge on any atom is -0.480 e. The molecule has 0 aliphatic heterocycles. The number of halogens is 2. The number of hydrogen-bond acceptors (Lipinski definition) is 2. The van der Waals surface area contributed by atoms with Crippen molar-refractivity contribution in [1.82, 2.24) is 5.32 Å². The first-order valence-corrected chi connectivity index (χ1v) is 6.84. The predicted molar refractivity (Wildman–Crippen MR) is 72.3 cm³/mol. The number of carbonyl (C=O) groups excluding carboxylic acids is 1. The highest BCUT2D eigenvalue weighted by Gasteiger charge is 2.41. The van der Waals surface area contributed by atoms with Gasteiger partial charge in [-0.15, -0.1) is 0 Å². The summed E-state index contributed by atoms with van der Waals surface area (Å²) in [5.74, 6) is -2.41. The van der Waals surface area contributed by atoms with Crippen LogP contribution in [0.5, 0.6) is 0 Å². The highest BCUT2D eigenvalue weighted by Crippen LogP contribution is 2.29. The molecule has 1 amide bonds. The number of nitrogens with one attached hydrogen (secondary N) is 1. The minimum absolute atomic E-state index is 0.0436. The first kappa shape index (κ1) is 14.8. The van der Waals surface area contributed by atoms with E-state index in [2.05, 4.69) is 5.32 Å². The molecule has 0 aromatic heterocycles. The number of carboxylic acids is 1. The molecule has 0 heterocycles. The van der Waals surface area contributed by atoms with Gasteiger partial charge in [0.2, 0.25) is 0 Å². The lowest BCUT2D eigenvalue weighted by Crippen LogP contribution is -2.55. The molecule has 4 nitrogen and oxygen atoms in total. The molecule has 0 bridgehead atoms. The summed E-state index contributed by atoms with van der Waals surface area (Å²) in [6, 6.07) is 3.89. The van der Waals surface area contributed by atoms with Gasteiger partial charge >= 0.3 is 5.97 Å². The normalized spacial score (nSPS) is 17.5. The molecule has 1 aromatic carbocycles. The van der Waals surface area contributed by atoms with Crippen molar-refractivity contribution in [1.29, 1.82) is 0 Å². The zero-order chi connectivity index (χ0) is 14.8. The van der Waals surface area contributed by atoms with E-state index in [0.717, 1.165) is 25.3 Å². The Morgan fingerprint density at radius 3 is 2.50 bits per heavy atom. The second-order valence-corrected chi connectivity index (χ2v) is 5.38. The van der Waals surface area contributed by atoms with Crippen LogP contribution < -0.4 is 5.32 Å². The molecular weight excluding hydrogens is 285 g/mol. The molecular formula is C14H15ClFNO3. The summed E-state index contributed by atoms with van der Waals surface area (Å²) in [5.41, 5.74) is -1.32. The quantitative estimate of drug-likeness (QED) is 0.901. The van der Waals surface area contributed by atoms with Crippen LogP contribution in [-0.2, 0) is 4.79 Å². The molecule has 0 saturated heterocycles. The van der Waals surface area contributed by atoms with Crippen LogP contribution in [-0.4, -0.2) is 22.5 Å². The topological polar surface area (TPSA) is 66.4 Å². The summed E-state index contributed by atoms with van der Waals surface area (Å²) in [5, 5.41) is 11.6. The number of rotatable bonds is 3. The van der Waals surface area contributed by atoms with Crippen molar-refractivity contribution in [3.63, 3.8) is 0 Å². The summed E-state index contributed by atoms with van der Waals surface area (Å²) in [6.45, 7) is 0. The highest BCUT2D eigenvalue weighted by molar-refractivity contribution is 6.34. The number of aliphatic carboxylic acids is 1. The van der Waals surface area contributed by atoms with Gasteiger partial charge in [0, 0.05) is 0 Å². The molecule has 20 heavy (non-hydrogen) atoms. The van der Waals surface area contributed by atoms with Crippen molar-refractivity contribution >= 4 is 23.5 Å². The molecule has 0 unspecified atom stereocenters. The summed E-state index contributed by atoms with van der Waals surface area (Å²) in [4.78, 5) is 23.6. The maximum absolute atomic E-state index is 13.3. The van der Waals surface area contributed by atoms with Crippen LogP contribution >= 0.6 is 11.6 Å². The summed E-state index contributed by atoms with van der Waals surface area (Å²) < 4.78 is 13.3. The van der Waals surface area contributed by atoms with Gasteiger partial charge in [0.25, 0.3) is 5.91 Å². The van der Waals surface area contributed by atoms with E-state index >= 15 is 0 Å². The van der Waals surface area contributed by atoms with Gasteiger partial charge in [-0.2, -0.15) is 0 Å². The van der Waals surface area contributed by atoms with Crippen molar-refractivity contribution in [2.24, 2.45) is 0 Å². The van der Waals surface area contributed by atoms with Crippen LogP contribution in [0, 0.1) is 5.82 Å². The molecule has 1 aliphatic carbocycles.